The average Bonchev–Trinajstić information content (AvgIpc) is 3.40. The maximum Gasteiger partial charge on any atom is 0.243 e. The minimum atomic E-state index is -0.182. The molecule has 1 aliphatic rings. The van der Waals surface area contributed by atoms with Crippen molar-refractivity contribution in [2.45, 2.75) is 31.8 Å². The molecule has 3 N–H and O–H groups in total. The van der Waals surface area contributed by atoms with Gasteiger partial charge in [0.1, 0.15) is 12.4 Å². The maximum absolute atomic E-state index is 12.4. The Hall–Kier alpha value is -3.84. The van der Waals surface area contributed by atoms with E-state index in [1.165, 1.54) is 0 Å². The minimum absolute atomic E-state index is 0.0506. The third-order valence-corrected chi connectivity index (χ3v) is 5.66. The van der Waals surface area contributed by atoms with E-state index >= 15 is 0 Å². The lowest BCUT2D eigenvalue weighted by Crippen LogP contribution is -2.22. The van der Waals surface area contributed by atoms with E-state index in [1.807, 2.05) is 72.8 Å². The van der Waals surface area contributed by atoms with Gasteiger partial charge in [-0.1, -0.05) is 42.5 Å². The molecule has 7 heteroatoms. The number of carbonyl (C=O) groups is 2. The molecule has 0 radical (unpaired) electrons. The van der Waals surface area contributed by atoms with E-state index in [0.29, 0.717) is 36.6 Å². The molecular formula is C28H31N3O4. The van der Waals surface area contributed by atoms with Crippen molar-refractivity contribution in [3.05, 3.63) is 84.4 Å². The number of hydrogen-bond acceptors (Lipinski definition) is 5. The zero-order valence-corrected chi connectivity index (χ0v) is 19.7. The summed E-state index contributed by atoms with van der Waals surface area (Å²) in [6.07, 6.45) is 3.31. The highest BCUT2D eigenvalue weighted by Gasteiger charge is 2.16. The van der Waals surface area contributed by atoms with Crippen molar-refractivity contribution in [3.63, 3.8) is 0 Å². The first-order valence-electron chi connectivity index (χ1n) is 12.0. The first-order valence-corrected chi connectivity index (χ1v) is 12.0. The van der Waals surface area contributed by atoms with E-state index in [1.54, 1.807) is 6.07 Å². The Morgan fingerprint density at radius 1 is 0.857 bits per heavy atom. The van der Waals surface area contributed by atoms with Gasteiger partial charge < -0.3 is 25.4 Å². The van der Waals surface area contributed by atoms with Crippen LogP contribution in [0.2, 0.25) is 0 Å². The molecule has 1 saturated heterocycles. The van der Waals surface area contributed by atoms with Gasteiger partial charge in [0.15, 0.2) is 0 Å². The molecule has 3 aromatic carbocycles. The minimum Gasteiger partial charge on any atom is -0.491 e. The van der Waals surface area contributed by atoms with Gasteiger partial charge >= 0.3 is 0 Å². The standard InChI is InChI=1S/C28H31N3O4/c32-27(15-14-21-7-2-1-3-8-21)30-23-10-4-9-22(17-23)29-19-28(33)31-24-11-5-12-25(18-24)35-20-26-13-6-16-34-26/h1-5,7-12,17-18,26,29H,6,13-16,19-20H2,(H,30,32)(H,31,33). The van der Waals surface area contributed by atoms with Crippen molar-refractivity contribution in [3.8, 4) is 5.75 Å². The Bertz CT molecular complexity index is 1110. The third-order valence-electron chi connectivity index (χ3n) is 5.66. The number of anilines is 3. The molecule has 182 valence electrons. The van der Waals surface area contributed by atoms with Crippen LogP contribution in [0.4, 0.5) is 17.1 Å². The molecule has 0 aliphatic carbocycles. The van der Waals surface area contributed by atoms with Crippen LogP contribution in [-0.2, 0) is 20.7 Å². The summed E-state index contributed by atoms with van der Waals surface area (Å²) in [5, 5.41) is 8.90. The second-order valence-electron chi connectivity index (χ2n) is 8.49. The molecular weight excluding hydrogens is 442 g/mol. The Kier molecular flexibility index (Phi) is 8.73. The van der Waals surface area contributed by atoms with Crippen LogP contribution in [-0.4, -0.2) is 37.7 Å². The van der Waals surface area contributed by atoms with E-state index in [-0.39, 0.29) is 24.5 Å². The van der Waals surface area contributed by atoms with Crippen LogP contribution in [0.15, 0.2) is 78.9 Å². The number of ether oxygens (including phenoxy) is 2. The lowest BCUT2D eigenvalue weighted by molar-refractivity contribution is -0.116. The van der Waals surface area contributed by atoms with Gasteiger partial charge in [-0.05, 0) is 55.2 Å². The first kappa shape index (κ1) is 24.3. The summed E-state index contributed by atoms with van der Waals surface area (Å²) in [6.45, 7) is 1.39. The molecule has 2 amide bonds. The highest BCUT2D eigenvalue weighted by atomic mass is 16.5. The van der Waals surface area contributed by atoms with E-state index < -0.39 is 0 Å². The molecule has 7 nitrogen and oxygen atoms in total. The Morgan fingerprint density at radius 3 is 2.40 bits per heavy atom. The van der Waals surface area contributed by atoms with Gasteiger partial charge in [-0.2, -0.15) is 0 Å². The van der Waals surface area contributed by atoms with Crippen molar-refractivity contribution < 1.29 is 19.1 Å². The molecule has 4 rings (SSSR count). The largest absolute Gasteiger partial charge is 0.491 e. The van der Waals surface area contributed by atoms with Crippen LogP contribution in [0.25, 0.3) is 0 Å². The highest BCUT2D eigenvalue weighted by molar-refractivity contribution is 5.94. The van der Waals surface area contributed by atoms with Gasteiger partial charge in [-0.25, -0.2) is 0 Å². The summed E-state index contributed by atoms with van der Waals surface area (Å²) in [7, 11) is 0. The molecule has 1 unspecified atom stereocenters. The monoisotopic (exact) mass is 473 g/mol. The fourth-order valence-corrected chi connectivity index (χ4v) is 3.85. The van der Waals surface area contributed by atoms with Crippen LogP contribution in [0.1, 0.15) is 24.8 Å². The number of hydrogen-bond donors (Lipinski definition) is 3. The van der Waals surface area contributed by atoms with Gasteiger partial charge in [0.2, 0.25) is 11.8 Å². The summed E-state index contributed by atoms with van der Waals surface area (Å²) in [4.78, 5) is 24.7. The Labute approximate surface area is 205 Å². The normalized spacial score (nSPS) is 14.8. The van der Waals surface area contributed by atoms with Gasteiger partial charge in [-0.15, -0.1) is 0 Å². The summed E-state index contributed by atoms with van der Waals surface area (Å²) in [5.74, 6) is 0.464. The molecule has 1 atom stereocenters. The predicted octanol–water partition coefficient (Wildman–Crippen LogP) is 4.87. The SMILES string of the molecule is O=C(CCc1ccccc1)Nc1cccc(NCC(=O)Nc2cccc(OCC3CCCO3)c2)c1. The summed E-state index contributed by atoms with van der Waals surface area (Å²) < 4.78 is 11.4. The van der Waals surface area contributed by atoms with Gasteiger partial charge in [0, 0.05) is 36.2 Å². The molecule has 0 aromatic heterocycles. The Morgan fingerprint density at radius 2 is 1.60 bits per heavy atom. The van der Waals surface area contributed by atoms with E-state index in [0.717, 1.165) is 30.7 Å². The van der Waals surface area contributed by atoms with Crippen molar-refractivity contribution in [2.75, 3.05) is 35.7 Å². The number of aryl methyl sites for hydroxylation is 1. The summed E-state index contributed by atoms with van der Waals surface area (Å²) >= 11 is 0. The quantitative estimate of drug-likeness (QED) is 0.370. The predicted molar refractivity (Wildman–Crippen MR) is 138 cm³/mol. The molecule has 1 aliphatic heterocycles. The number of benzene rings is 3. The topological polar surface area (TPSA) is 88.7 Å². The number of amides is 2. The smallest absolute Gasteiger partial charge is 0.243 e. The van der Waals surface area contributed by atoms with Gasteiger partial charge in [-0.3, -0.25) is 9.59 Å². The second-order valence-corrected chi connectivity index (χ2v) is 8.49. The van der Waals surface area contributed by atoms with Gasteiger partial charge in [0.05, 0.1) is 12.6 Å². The van der Waals surface area contributed by atoms with Crippen LogP contribution < -0.4 is 20.7 Å². The fraction of sp³-hybridized carbons (Fsp3) is 0.286. The first-order chi connectivity index (χ1) is 17.1. The van der Waals surface area contributed by atoms with Crippen molar-refractivity contribution >= 4 is 28.9 Å². The maximum atomic E-state index is 12.4. The van der Waals surface area contributed by atoms with Crippen LogP contribution in [0.5, 0.6) is 5.75 Å². The summed E-state index contributed by atoms with van der Waals surface area (Å²) in [6, 6.07) is 24.6. The van der Waals surface area contributed by atoms with Crippen LogP contribution in [0.3, 0.4) is 0 Å². The lowest BCUT2D eigenvalue weighted by atomic mass is 10.1. The molecule has 0 saturated carbocycles. The molecule has 1 fully saturated rings. The van der Waals surface area contributed by atoms with Crippen LogP contribution >= 0.6 is 0 Å². The average molecular weight is 474 g/mol. The number of nitrogens with one attached hydrogen (secondary N) is 3. The molecule has 0 bridgehead atoms. The zero-order valence-electron chi connectivity index (χ0n) is 19.7. The zero-order chi connectivity index (χ0) is 24.3. The van der Waals surface area contributed by atoms with Crippen molar-refractivity contribution in [1.29, 1.82) is 0 Å². The van der Waals surface area contributed by atoms with E-state index in [2.05, 4.69) is 16.0 Å². The van der Waals surface area contributed by atoms with Gasteiger partial charge in [0.25, 0.3) is 0 Å². The van der Waals surface area contributed by atoms with Crippen molar-refractivity contribution in [1.82, 2.24) is 0 Å². The van der Waals surface area contributed by atoms with Crippen molar-refractivity contribution in [2.24, 2.45) is 0 Å². The number of carbonyl (C=O) groups excluding carboxylic acids is 2. The highest BCUT2D eigenvalue weighted by Crippen LogP contribution is 2.20. The summed E-state index contributed by atoms with van der Waals surface area (Å²) in [5.41, 5.74) is 3.23. The third kappa shape index (κ3) is 8.15. The molecule has 35 heavy (non-hydrogen) atoms. The van der Waals surface area contributed by atoms with E-state index in [4.69, 9.17) is 9.47 Å². The fourth-order valence-electron chi connectivity index (χ4n) is 3.85. The lowest BCUT2D eigenvalue weighted by Gasteiger charge is -2.13. The molecule has 1 heterocycles. The molecule has 3 aromatic rings. The Balaban J connectivity index is 1.21. The second kappa shape index (κ2) is 12.6. The van der Waals surface area contributed by atoms with E-state index in [9.17, 15) is 9.59 Å². The number of rotatable bonds is 11. The van der Waals surface area contributed by atoms with Crippen LogP contribution in [0, 0.1) is 0 Å². The molecule has 0 spiro atoms.